The maximum absolute atomic E-state index is 11.7. The van der Waals surface area contributed by atoms with E-state index < -0.39 is 0 Å². The Hall–Kier alpha value is -1.32. The summed E-state index contributed by atoms with van der Waals surface area (Å²) in [5, 5.41) is 9.87. The van der Waals surface area contributed by atoms with Crippen LogP contribution in [0.1, 0.15) is 70.9 Å². The third-order valence-corrected chi connectivity index (χ3v) is 3.18. The highest BCUT2D eigenvalue weighted by Gasteiger charge is 2.05. The molecule has 4 nitrogen and oxygen atoms in total. The molecule has 2 N–H and O–H groups in total. The zero-order valence-corrected chi connectivity index (χ0v) is 12.3. The highest BCUT2D eigenvalue weighted by atomic mass is 16.1. The molecule has 4 heteroatoms. The van der Waals surface area contributed by atoms with Crippen LogP contribution in [0, 0.1) is 0 Å². The number of aryl methyl sites for hydroxylation is 1. The SMILES string of the molecule is CCCCCCCCC(=O)Nc1cc(CCC)[nH]n1. The number of rotatable bonds is 10. The Morgan fingerprint density at radius 1 is 1.16 bits per heavy atom. The topological polar surface area (TPSA) is 57.8 Å². The first-order valence-electron chi connectivity index (χ1n) is 7.60. The van der Waals surface area contributed by atoms with Crippen LogP contribution in [0.2, 0.25) is 0 Å². The molecule has 0 aromatic carbocycles. The Bertz CT molecular complexity index is 360. The minimum absolute atomic E-state index is 0.0741. The smallest absolute Gasteiger partial charge is 0.225 e. The second kappa shape index (κ2) is 9.59. The first-order valence-corrected chi connectivity index (χ1v) is 7.60. The molecule has 0 bridgehead atoms. The van der Waals surface area contributed by atoms with E-state index in [4.69, 9.17) is 0 Å². The number of carbonyl (C=O) groups is 1. The standard InChI is InChI=1S/C15H27N3O/c1-3-5-6-7-8-9-11-15(19)16-14-12-13(10-4-2)17-18-14/h12H,3-11H2,1-2H3,(H2,16,17,18,19). The highest BCUT2D eigenvalue weighted by molar-refractivity contribution is 5.89. The van der Waals surface area contributed by atoms with Gasteiger partial charge >= 0.3 is 0 Å². The minimum Gasteiger partial charge on any atom is -0.309 e. The third-order valence-electron chi connectivity index (χ3n) is 3.18. The van der Waals surface area contributed by atoms with E-state index in [0.717, 1.165) is 31.4 Å². The predicted molar refractivity (Wildman–Crippen MR) is 79.2 cm³/mol. The van der Waals surface area contributed by atoms with Gasteiger partial charge in [-0.2, -0.15) is 5.10 Å². The van der Waals surface area contributed by atoms with E-state index in [-0.39, 0.29) is 5.91 Å². The van der Waals surface area contributed by atoms with E-state index in [0.29, 0.717) is 12.2 Å². The second-order valence-electron chi connectivity index (χ2n) is 5.09. The predicted octanol–water partition coefficient (Wildman–Crippen LogP) is 4.05. The molecule has 0 saturated carbocycles. The summed E-state index contributed by atoms with van der Waals surface area (Å²) in [4.78, 5) is 11.7. The minimum atomic E-state index is 0.0741. The first-order chi connectivity index (χ1) is 9.26. The van der Waals surface area contributed by atoms with E-state index in [1.165, 1.54) is 25.7 Å². The average Bonchev–Trinajstić information content (AvgIpc) is 2.81. The first kappa shape index (κ1) is 15.7. The molecule has 0 aliphatic carbocycles. The number of aromatic nitrogens is 2. The van der Waals surface area contributed by atoms with Crippen LogP contribution < -0.4 is 5.32 Å². The number of H-pyrrole nitrogens is 1. The highest BCUT2D eigenvalue weighted by Crippen LogP contribution is 2.10. The zero-order valence-electron chi connectivity index (χ0n) is 12.3. The van der Waals surface area contributed by atoms with Gasteiger partial charge in [-0.25, -0.2) is 0 Å². The van der Waals surface area contributed by atoms with Crippen molar-refractivity contribution in [1.82, 2.24) is 10.2 Å². The summed E-state index contributed by atoms with van der Waals surface area (Å²) in [5.41, 5.74) is 1.08. The fourth-order valence-electron chi connectivity index (χ4n) is 2.09. The summed E-state index contributed by atoms with van der Waals surface area (Å²) >= 11 is 0. The summed E-state index contributed by atoms with van der Waals surface area (Å²) < 4.78 is 0. The van der Waals surface area contributed by atoms with Gasteiger partial charge in [0.25, 0.3) is 0 Å². The molecule has 19 heavy (non-hydrogen) atoms. The molecule has 0 spiro atoms. The normalized spacial score (nSPS) is 10.6. The molecule has 1 rings (SSSR count). The van der Waals surface area contributed by atoms with Crippen LogP contribution in [-0.4, -0.2) is 16.1 Å². The van der Waals surface area contributed by atoms with Gasteiger partial charge in [0.1, 0.15) is 0 Å². The van der Waals surface area contributed by atoms with Crippen LogP contribution in [0.4, 0.5) is 5.82 Å². The molecule has 1 aromatic heterocycles. The molecular weight excluding hydrogens is 238 g/mol. The fraction of sp³-hybridized carbons (Fsp3) is 0.733. The van der Waals surface area contributed by atoms with Crippen molar-refractivity contribution in [3.8, 4) is 0 Å². The summed E-state index contributed by atoms with van der Waals surface area (Å²) in [6.45, 7) is 4.34. The molecule has 1 aromatic rings. The third kappa shape index (κ3) is 6.99. The summed E-state index contributed by atoms with van der Waals surface area (Å²) in [5.74, 6) is 0.726. The number of unbranched alkanes of at least 4 members (excludes halogenated alkanes) is 5. The van der Waals surface area contributed by atoms with Gasteiger partial charge in [-0.15, -0.1) is 0 Å². The van der Waals surface area contributed by atoms with Gasteiger partial charge in [0.2, 0.25) is 5.91 Å². The molecule has 1 heterocycles. The van der Waals surface area contributed by atoms with Gasteiger partial charge in [0.15, 0.2) is 5.82 Å². The second-order valence-corrected chi connectivity index (χ2v) is 5.09. The van der Waals surface area contributed by atoms with Crippen molar-refractivity contribution in [2.45, 2.75) is 71.6 Å². The van der Waals surface area contributed by atoms with Crippen LogP contribution in [0.25, 0.3) is 0 Å². The van der Waals surface area contributed by atoms with Gasteiger partial charge < -0.3 is 5.32 Å². The number of nitrogens with zero attached hydrogens (tertiary/aromatic N) is 1. The van der Waals surface area contributed by atoms with E-state index in [1.807, 2.05) is 6.07 Å². The molecular formula is C15H27N3O. The van der Waals surface area contributed by atoms with Crippen molar-refractivity contribution in [1.29, 1.82) is 0 Å². The molecule has 0 aliphatic rings. The van der Waals surface area contributed by atoms with E-state index >= 15 is 0 Å². The average molecular weight is 265 g/mol. The van der Waals surface area contributed by atoms with Crippen molar-refractivity contribution in [3.05, 3.63) is 11.8 Å². The van der Waals surface area contributed by atoms with Crippen LogP contribution >= 0.6 is 0 Å². The van der Waals surface area contributed by atoms with Crippen molar-refractivity contribution in [3.63, 3.8) is 0 Å². The molecule has 0 radical (unpaired) electrons. The van der Waals surface area contributed by atoms with Crippen molar-refractivity contribution in [2.24, 2.45) is 0 Å². The van der Waals surface area contributed by atoms with Crippen LogP contribution in [0.5, 0.6) is 0 Å². The molecule has 0 atom stereocenters. The Morgan fingerprint density at radius 3 is 2.63 bits per heavy atom. The Labute approximate surface area is 116 Å². The van der Waals surface area contributed by atoms with E-state index in [1.54, 1.807) is 0 Å². The maximum Gasteiger partial charge on any atom is 0.225 e. The lowest BCUT2D eigenvalue weighted by Crippen LogP contribution is -2.11. The summed E-state index contributed by atoms with van der Waals surface area (Å²) in [6.07, 6.45) is 9.87. The molecule has 0 saturated heterocycles. The van der Waals surface area contributed by atoms with Crippen LogP contribution in [0.3, 0.4) is 0 Å². The number of aromatic amines is 1. The number of hydrogen-bond acceptors (Lipinski definition) is 2. The molecule has 0 unspecified atom stereocenters. The van der Waals surface area contributed by atoms with Gasteiger partial charge in [-0.3, -0.25) is 9.89 Å². The lowest BCUT2D eigenvalue weighted by Gasteiger charge is -2.02. The quantitative estimate of drug-likeness (QED) is 0.627. The summed E-state index contributed by atoms with van der Waals surface area (Å²) in [6, 6.07) is 1.92. The van der Waals surface area contributed by atoms with Crippen molar-refractivity contribution in [2.75, 3.05) is 5.32 Å². The fourth-order valence-corrected chi connectivity index (χ4v) is 2.09. The van der Waals surface area contributed by atoms with Crippen LogP contribution in [0.15, 0.2) is 6.07 Å². The Kier molecular flexibility index (Phi) is 7.94. The van der Waals surface area contributed by atoms with Crippen molar-refractivity contribution < 1.29 is 4.79 Å². The largest absolute Gasteiger partial charge is 0.309 e. The van der Waals surface area contributed by atoms with E-state index in [9.17, 15) is 4.79 Å². The maximum atomic E-state index is 11.7. The Morgan fingerprint density at radius 2 is 1.89 bits per heavy atom. The van der Waals surface area contributed by atoms with Gasteiger partial charge in [0.05, 0.1) is 0 Å². The molecule has 108 valence electrons. The van der Waals surface area contributed by atoms with E-state index in [2.05, 4.69) is 29.4 Å². The number of hydrogen-bond donors (Lipinski definition) is 2. The van der Waals surface area contributed by atoms with Gasteiger partial charge in [0, 0.05) is 18.2 Å². The van der Waals surface area contributed by atoms with Crippen LogP contribution in [-0.2, 0) is 11.2 Å². The summed E-state index contributed by atoms with van der Waals surface area (Å²) in [7, 11) is 0. The molecule has 0 aliphatic heterocycles. The molecule has 1 amide bonds. The zero-order chi connectivity index (χ0) is 13.9. The number of carbonyl (C=O) groups excluding carboxylic acids is 1. The lowest BCUT2D eigenvalue weighted by molar-refractivity contribution is -0.116. The Balaban J connectivity index is 2.12. The number of amides is 1. The monoisotopic (exact) mass is 265 g/mol. The van der Waals surface area contributed by atoms with Crippen molar-refractivity contribution >= 4 is 11.7 Å². The number of anilines is 1. The van der Waals surface area contributed by atoms with Gasteiger partial charge in [-0.1, -0.05) is 52.4 Å². The molecule has 0 fully saturated rings. The lowest BCUT2D eigenvalue weighted by atomic mass is 10.1. The van der Waals surface area contributed by atoms with Gasteiger partial charge in [-0.05, 0) is 12.8 Å². The number of nitrogens with one attached hydrogen (secondary N) is 2.